The molecule has 1 aromatic rings. The molecule has 0 saturated heterocycles. The third kappa shape index (κ3) is 4.72. The number of benzene rings is 1. The summed E-state index contributed by atoms with van der Waals surface area (Å²) in [5.41, 5.74) is 1.20. The van der Waals surface area contributed by atoms with Crippen molar-refractivity contribution in [2.24, 2.45) is 0 Å². The van der Waals surface area contributed by atoms with Crippen LogP contribution in [0.5, 0.6) is 0 Å². The Bertz CT molecular complexity index is 326. The largest absolute Gasteiger partial charge is 1.00 e. The topological polar surface area (TPSA) is 26.3 Å². The van der Waals surface area contributed by atoms with Gasteiger partial charge in [-0.05, 0) is 18.6 Å². The smallest absolute Gasteiger partial charge is 0.338 e. The number of hydrogen-bond acceptors (Lipinski definition) is 2. The molecule has 0 aliphatic heterocycles. The first-order chi connectivity index (χ1) is 6.29. The Hall–Kier alpha value is -0.467. The fraction of sp³-hybridized carbons (Fsp3) is 0.182. The summed E-state index contributed by atoms with van der Waals surface area (Å²) in [6, 6.07) is 7.06. The molecule has 77 valence electrons. The summed E-state index contributed by atoms with van der Waals surface area (Å²) in [7, 11) is 0. The number of halogens is 1. The molecule has 0 aliphatic carbocycles. The SMILES string of the molecule is [Br-].[CH]=Cc1ccccc1C(=O)OCC.[Zn]. The van der Waals surface area contributed by atoms with E-state index in [1.807, 2.05) is 6.07 Å². The molecule has 0 aliphatic rings. The number of ether oxygens (including phenoxy) is 1. The first-order valence-electron chi connectivity index (χ1n) is 4.10. The van der Waals surface area contributed by atoms with Crippen LogP contribution in [-0.2, 0) is 24.2 Å². The van der Waals surface area contributed by atoms with E-state index in [9.17, 15) is 4.79 Å². The molecular weight excluding hydrogens is 309 g/mol. The van der Waals surface area contributed by atoms with E-state index in [2.05, 4.69) is 0 Å². The van der Waals surface area contributed by atoms with Crippen molar-refractivity contribution < 1.29 is 46.0 Å². The molecule has 4 heteroatoms. The number of carbonyl (C=O) groups is 1. The molecule has 0 bridgehead atoms. The average molecular weight is 321 g/mol. The molecule has 0 N–H and O–H groups in total. The van der Waals surface area contributed by atoms with Gasteiger partial charge in [-0.1, -0.05) is 30.9 Å². The van der Waals surface area contributed by atoms with Gasteiger partial charge in [0.25, 0.3) is 0 Å². The first kappa shape index (κ1) is 16.9. The number of rotatable bonds is 3. The average Bonchev–Trinajstić information content (AvgIpc) is 2.18. The molecule has 1 radical (unpaired) electrons. The second-order valence-corrected chi connectivity index (χ2v) is 2.47. The Balaban J connectivity index is 0. The van der Waals surface area contributed by atoms with E-state index in [1.54, 1.807) is 25.1 Å². The molecule has 0 saturated carbocycles. The Morgan fingerprint density at radius 1 is 1.47 bits per heavy atom. The maximum absolute atomic E-state index is 11.3. The summed E-state index contributed by atoms with van der Waals surface area (Å²) in [5.74, 6) is -0.334. The molecule has 0 heterocycles. The van der Waals surface area contributed by atoms with Crippen LogP contribution in [0.15, 0.2) is 24.3 Å². The van der Waals surface area contributed by atoms with Gasteiger partial charge in [-0.2, -0.15) is 0 Å². The molecule has 15 heavy (non-hydrogen) atoms. The number of carbonyl (C=O) groups excluding carboxylic acids is 1. The Morgan fingerprint density at radius 2 is 2.07 bits per heavy atom. The molecule has 1 rings (SSSR count). The van der Waals surface area contributed by atoms with Crippen molar-refractivity contribution >= 4 is 12.0 Å². The molecule has 0 unspecified atom stereocenters. The van der Waals surface area contributed by atoms with Crippen LogP contribution in [-0.4, -0.2) is 12.6 Å². The first-order valence-corrected chi connectivity index (χ1v) is 4.10. The van der Waals surface area contributed by atoms with Crippen molar-refractivity contribution in [3.05, 3.63) is 42.0 Å². The van der Waals surface area contributed by atoms with Gasteiger partial charge in [0.05, 0.1) is 12.2 Å². The van der Waals surface area contributed by atoms with E-state index >= 15 is 0 Å². The van der Waals surface area contributed by atoms with Gasteiger partial charge in [0.15, 0.2) is 0 Å². The monoisotopic (exact) mass is 318 g/mol. The minimum absolute atomic E-state index is 0. The van der Waals surface area contributed by atoms with E-state index in [0.717, 1.165) is 0 Å². The van der Waals surface area contributed by atoms with Gasteiger partial charge >= 0.3 is 5.97 Å². The van der Waals surface area contributed by atoms with Gasteiger partial charge in [0.1, 0.15) is 0 Å². The number of esters is 1. The van der Waals surface area contributed by atoms with Crippen molar-refractivity contribution in [2.45, 2.75) is 6.92 Å². The maximum Gasteiger partial charge on any atom is 0.338 e. The van der Waals surface area contributed by atoms with E-state index in [1.165, 1.54) is 6.08 Å². The predicted octanol–water partition coefficient (Wildman–Crippen LogP) is -0.689. The van der Waals surface area contributed by atoms with E-state index in [-0.39, 0.29) is 42.4 Å². The Labute approximate surface area is 113 Å². The summed E-state index contributed by atoms with van der Waals surface area (Å²) < 4.78 is 4.86. The van der Waals surface area contributed by atoms with Crippen LogP contribution in [0.1, 0.15) is 22.8 Å². The third-order valence-electron chi connectivity index (χ3n) is 1.64. The summed E-state index contributed by atoms with van der Waals surface area (Å²) in [6.45, 7) is 7.50. The summed E-state index contributed by atoms with van der Waals surface area (Å²) in [4.78, 5) is 11.3. The molecule has 0 aromatic heterocycles. The van der Waals surface area contributed by atoms with Crippen molar-refractivity contribution in [1.82, 2.24) is 0 Å². The molecule has 2 nitrogen and oxygen atoms in total. The van der Waals surface area contributed by atoms with Gasteiger partial charge in [-0.15, -0.1) is 0 Å². The van der Waals surface area contributed by atoms with Crippen molar-refractivity contribution in [3.63, 3.8) is 0 Å². The normalized spacial score (nSPS) is 8.07. The van der Waals surface area contributed by atoms with Crippen LogP contribution in [0, 0.1) is 6.58 Å². The molecule has 0 atom stereocenters. The quantitative estimate of drug-likeness (QED) is 0.544. The van der Waals surface area contributed by atoms with Crippen LogP contribution < -0.4 is 17.0 Å². The number of hydrogen-bond donors (Lipinski definition) is 0. The van der Waals surface area contributed by atoms with Gasteiger partial charge < -0.3 is 21.7 Å². The Morgan fingerprint density at radius 3 is 2.60 bits per heavy atom. The zero-order valence-electron chi connectivity index (χ0n) is 8.57. The fourth-order valence-electron chi connectivity index (χ4n) is 1.04. The molecule has 0 fully saturated rings. The minimum atomic E-state index is -0.334. The van der Waals surface area contributed by atoms with Crippen LogP contribution in [0.2, 0.25) is 0 Å². The Kier molecular flexibility index (Phi) is 9.95. The van der Waals surface area contributed by atoms with Crippen LogP contribution in [0.25, 0.3) is 6.08 Å². The van der Waals surface area contributed by atoms with Crippen molar-refractivity contribution in [2.75, 3.05) is 6.61 Å². The van der Waals surface area contributed by atoms with E-state index in [0.29, 0.717) is 17.7 Å². The second kappa shape index (κ2) is 8.81. The molecule has 0 spiro atoms. The maximum atomic E-state index is 11.3. The van der Waals surface area contributed by atoms with Crippen molar-refractivity contribution in [3.8, 4) is 0 Å². The standard InChI is InChI=1S/C11H11O2.BrH.Zn/c1-3-9-7-5-6-8-10(9)11(12)13-4-2;;/h1,3,5-8H,4H2,2H3;1H;/p-1. The van der Waals surface area contributed by atoms with Crippen molar-refractivity contribution in [1.29, 1.82) is 0 Å². The fourth-order valence-corrected chi connectivity index (χ4v) is 1.04. The molecule has 1 aromatic carbocycles. The van der Waals surface area contributed by atoms with E-state index in [4.69, 9.17) is 11.3 Å². The summed E-state index contributed by atoms with van der Waals surface area (Å²) >= 11 is 0. The molecule has 0 amide bonds. The molecular formula is C11H11BrO2Zn-. The van der Waals surface area contributed by atoms with Crippen LogP contribution >= 0.6 is 0 Å². The zero-order chi connectivity index (χ0) is 9.68. The summed E-state index contributed by atoms with van der Waals surface area (Å²) in [6.07, 6.45) is 1.40. The van der Waals surface area contributed by atoms with Gasteiger partial charge in [0, 0.05) is 19.5 Å². The third-order valence-corrected chi connectivity index (χ3v) is 1.64. The van der Waals surface area contributed by atoms with E-state index < -0.39 is 0 Å². The van der Waals surface area contributed by atoms with Gasteiger partial charge in [-0.25, -0.2) is 4.79 Å². The minimum Gasteiger partial charge on any atom is -1.00 e. The zero-order valence-corrected chi connectivity index (χ0v) is 13.1. The van der Waals surface area contributed by atoms with Crippen LogP contribution in [0.4, 0.5) is 0 Å². The van der Waals surface area contributed by atoms with Gasteiger partial charge in [0.2, 0.25) is 0 Å². The van der Waals surface area contributed by atoms with Crippen LogP contribution in [0.3, 0.4) is 0 Å². The predicted molar refractivity (Wildman–Crippen MR) is 51.2 cm³/mol. The van der Waals surface area contributed by atoms with Gasteiger partial charge in [-0.3, -0.25) is 0 Å². The second-order valence-electron chi connectivity index (χ2n) is 2.47. The summed E-state index contributed by atoms with van der Waals surface area (Å²) in [5, 5.41) is 0.